The summed E-state index contributed by atoms with van der Waals surface area (Å²) in [4.78, 5) is 27.3. The molecular formula is C25H32N4O3. The predicted molar refractivity (Wildman–Crippen MR) is 126 cm³/mol. The van der Waals surface area contributed by atoms with Crippen molar-refractivity contribution in [3.05, 3.63) is 65.7 Å². The zero-order valence-electron chi connectivity index (χ0n) is 19.2. The van der Waals surface area contributed by atoms with Crippen molar-refractivity contribution in [1.29, 1.82) is 0 Å². The Kier molecular flexibility index (Phi) is 8.00. The van der Waals surface area contributed by atoms with E-state index in [-0.39, 0.29) is 37.0 Å². The molecule has 3 rings (SSSR count). The van der Waals surface area contributed by atoms with E-state index < -0.39 is 0 Å². The number of hydrogen-bond donors (Lipinski definition) is 1. The van der Waals surface area contributed by atoms with Crippen molar-refractivity contribution < 1.29 is 14.3 Å². The molecule has 2 amide bonds. The lowest BCUT2D eigenvalue weighted by Gasteiger charge is -2.26. The molecule has 7 heteroatoms. The van der Waals surface area contributed by atoms with Crippen molar-refractivity contribution in [3.8, 4) is 5.75 Å². The third-order valence-corrected chi connectivity index (χ3v) is 5.40. The topological polar surface area (TPSA) is 74.2 Å². The molecule has 170 valence electrons. The molecule has 0 saturated carbocycles. The fraction of sp³-hybridized carbons (Fsp3) is 0.400. The second kappa shape index (κ2) is 10.9. The monoisotopic (exact) mass is 436 g/mol. The highest BCUT2D eigenvalue weighted by Gasteiger charge is 2.33. The number of amides is 2. The average molecular weight is 437 g/mol. The minimum atomic E-state index is -0.202. The molecule has 1 atom stereocenters. The Labute approximate surface area is 190 Å². The third-order valence-electron chi connectivity index (χ3n) is 5.40. The van der Waals surface area contributed by atoms with Gasteiger partial charge in [0.2, 0.25) is 5.91 Å². The normalized spacial score (nSPS) is 15.8. The molecule has 0 fully saturated rings. The first-order chi connectivity index (χ1) is 15.4. The molecule has 1 N–H and O–H groups in total. The third kappa shape index (κ3) is 5.95. The lowest BCUT2D eigenvalue weighted by Crippen LogP contribution is -2.44. The zero-order valence-corrected chi connectivity index (χ0v) is 19.2. The molecule has 1 aliphatic rings. The standard InChI is InChI=1S/C25H32N4O3/c1-5-28(16-24(30)26-18(2)3)17-25(31)29-23(20-11-13-21(32-4)14-12-20)15-22(27-29)19-9-7-6-8-10-19/h6-14,18,23H,5,15-17H2,1-4H3,(H,26,30). The number of benzene rings is 2. The van der Waals surface area contributed by atoms with Crippen LogP contribution in [0, 0.1) is 0 Å². The number of nitrogens with zero attached hydrogens (tertiary/aromatic N) is 3. The number of nitrogens with one attached hydrogen (secondary N) is 1. The molecule has 2 aromatic carbocycles. The Hall–Kier alpha value is -3.19. The van der Waals surface area contributed by atoms with Gasteiger partial charge in [-0.3, -0.25) is 14.5 Å². The van der Waals surface area contributed by atoms with Gasteiger partial charge in [0.25, 0.3) is 5.91 Å². The summed E-state index contributed by atoms with van der Waals surface area (Å²) in [6.07, 6.45) is 0.627. The molecule has 1 unspecified atom stereocenters. The van der Waals surface area contributed by atoms with Gasteiger partial charge < -0.3 is 10.1 Å². The van der Waals surface area contributed by atoms with Gasteiger partial charge in [0.1, 0.15) is 5.75 Å². The van der Waals surface area contributed by atoms with Gasteiger partial charge in [-0.05, 0) is 43.7 Å². The van der Waals surface area contributed by atoms with Gasteiger partial charge in [-0.25, -0.2) is 5.01 Å². The Balaban J connectivity index is 1.81. The summed E-state index contributed by atoms with van der Waals surface area (Å²) in [6, 6.07) is 17.5. The first kappa shape index (κ1) is 23.5. The van der Waals surface area contributed by atoms with E-state index in [0.717, 1.165) is 22.6 Å². The Morgan fingerprint density at radius 1 is 1.12 bits per heavy atom. The fourth-order valence-electron chi connectivity index (χ4n) is 3.74. The summed E-state index contributed by atoms with van der Waals surface area (Å²) in [6.45, 7) is 6.68. The molecule has 1 aliphatic heterocycles. The SMILES string of the molecule is CCN(CC(=O)NC(C)C)CC(=O)N1N=C(c2ccccc2)CC1c1ccc(OC)cc1. The Morgan fingerprint density at radius 3 is 2.41 bits per heavy atom. The molecule has 0 radical (unpaired) electrons. The predicted octanol–water partition coefficient (Wildman–Crippen LogP) is 3.22. The minimum Gasteiger partial charge on any atom is -0.497 e. The van der Waals surface area contributed by atoms with Gasteiger partial charge in [0.05, 0.1) is 32.0 Å². The molecule has 2 aromatic rings. The maximum atomic E-state index is 13.3. The summed E-state index contributed by atoms with van der Waals surface area (Å²) in [5.41, 5.74) is 2.87. The number of hydrogen-bond acceptors (Lipinski definition) is 5. The van der Waals surface area contributed by atoms with E-state index in [2.05, 4.69) is 5.32 Å². The first-order valence-electron chi connectivity index (χ1n) is 11.0. The van der Waals surface area contributed by atoms with Crippen molar-refractivity contribution in [2.45, 2.75) is 39.3 Å². The Bertz CT molecular complexity index is 941. The molecule has 0 aliphatic carbocycles. The van der Waals surface area contributed by atoms with Crippen LogP contribution in [0.4, 0.5) is 0 Å². The van der Waals surface area contributed by atoms with E-state index in [1.807, 2.05) is 80.3 Å². The van der Waals surface area contributed by atoms with Crippen LogP contribution in [-0.2, 0) is 9.59 Å². The number of carbonyl (C=O) groups excluding carboxylic acids is 2. The second-order valence-electron chi connectivity index (χ2n) is 8.17. The highest BCUT2D eigenvalue weighted by molar-refractivity contribution is 6.03. The van der Waals surface area contributed by atoms with Crippen LogP contribution in [0.1, 0.15) is 44.4 Å². The average Bonchev–Trinajstić information content (AvgIpc) is 3.24. The summed E-state index contributed by atoms with van der Waals surface area (Å²) in [5, 5.41) is 9.17. The second-order valence-corrected chi connectivity index (χ2v) is 8.17. The first-order valence-corrected chi connectivity index (χ1v) is 11.0. The lowest BCUT2D eigenvalue weighted by atomic mass is 9.98. The van der Waals surface area contributed by atoms with Crippen LogP contribution < -0.4 is 10.1 Å². The lowest BCUT2D eigenvalue weighted by molar-refractivity contribution is -0.134. The number of carbonyl (C=O) groups is 2. The molecule has 0 saturated heterocycles. The number of rotatable bonds is 9. The molecule has 32 heavy (non-hydrogen) atoms. The van der Waals surface area contributed by atoms with Gasteiger partial charge in [-0.15, -0.1) is 0 Å². The van der Waals surface area contributed by atoms with Crippen LogP contribution >= 0.6 is 0 Å². The zero-order chi connectivity index (χ0) is 23.1. The highest BCUT2D eigenvalue weighted by atomic mass is 16.5. The van der Waals surface area contributed by atoms with Crippen molar-refractivity contribution in [2.75, 3.05) is 26.7 Å². The van der Waals surface area contributed by atoms with Gasteiger partial charge in [0.15, 0.2) is 0 Å². The van der Waals surface area contributed by atoms with E-state index in [0.29, 0.717) is 13.0 Å². The fourth-order valence-corrected chi connectivity index (χ4v) is 3.74. The number of ether oxygens (including phenoxy) is 1. The summed E-state index contributed by atoms with van der Waals surface area (Å²) < 4.78 is 5.27. The van der Waals surface area contributed by atoms with Crippen molar-refractivity contribution >= 4 is 17.5 Å². The van der Waals surface area contributed by atoms with Crippen LogP contribution in [-0.4, -0.2) is 60.2 Å². The molecule has 0 spiro atoms. The summed E-state index contributed by atoms with van der Waals surface area (Å²) in [7, 11) is 1.63. The van der Waals surface area contributed by atoms with Crippen LogP contribution in [0.5, 0.6) is 5.75 Å². The Morgan fingerprint density at radius 2 is 1.81 bits per heavy atom. The smallest absolute Gasteiger partial charge is 0.257 e. The maximum absolute atomic E-state index is 13.3. The minimum absolute atomic E-state index is 0.0629. The highest BCUT2D eigenvalue weighted by Crippen LogP contribution is 2.33. The van der Waals surface area contributed by atoms with Crippen molar-refractivity contribution in [3.63, 3.8) is 0 Å². The van der Waals surface area contributed by atoms with Crippen LogP contribution in [0.2, 0.25) is 0 Å². The van der Waals surface area contributed by atoms with E-state index in [4.69, 9.17) is 9.84 Å². The van der Waals surface area contributed by atoms with Gasteiger partial charge in [-0.2, -0.15) is 5.10 Å². The summed E-state index contributed by atoms with van der Waals surface area (Å²) >= 11 is 0. The van der Waals surface area contributed by atoms with E-state index in [1.54, 1.807) is 12.1 Å². The van der Waals surface area contributed by atoms with E-state index in [9.17, 15) is 9.59 Å². The number of methoxy groups -OCH3 is 1. The van der Waals surface area contributed by atoms with Gasteiger partial charge >= 0.3 is 0 Å². The maximum Gasteiger partial charge on any atom is 0.257 e. The largest absolute Gasteiger partial charge is 0.497 e. The number of hydrazone groups is 1. The van der Waals surface area contributed by atoms with Crippen molar-refractivity contribution in [1.82, 2.24) is 15.2 Å². The molecular weight excluding hydrogens is 404 g/mol. The van der Waals surface area contributed by atoms with Crippen LogP contribution in [0.3, 0.4) is 0 Å². The summed E-state index contributed by atoms with van der Waals surface area (Å²) in [5.74, 6) is 0.550. The molecule has 0 aromatic heterocycles. The molecule has 7 nitrogen and oxygen atoms in total. The van der Waals surface area contributed by atoms with Gasteiger partial charge in [-0.1, -0.05) is 49.4 Å². The van der Waals surface area contributed by atoms with Crippen molar-refractivity contribution in [2.24, 2.45) is 5.10 Å². The van der Waals surface area contributed by atoms with E-state index >= 15 is 0 Å². The van der Waals surface area contributed by atoms with Gasteiger partial charge in [0, 0.05) is 12.5 Å². The number of likely N-dealkylation sites (N-methyl/N-ethyl adjacent to an activating group) is 1. The molecule has 0 bridgehead atoms. The van der Waals surface area contributed by atoms with Crippen LogP contribution in [0.25, 0.3) is 0 Å². The quantitative estimate of drug-likeness (QED) is 0.655. The van der Waals surface area contributed by atoms with E-state index in [1.165, 1.54) is 0 Å². The molecule has 1 heterocycles. The van der Waals surface area contributed by atoms with Crippen LogP contribution in [0.15, 0.2) is 59.7 Å².